The molecule has 3 rings (SSSR count). The summed E-state index contributed by atoms with van der Waals surface area (Å²) in [6.45, 7) is 2.21. The van der Waals surface area contributed by atoms with Crippen LogP contribution in [0.3, 0.4) is 0 Å². The van der Waals surface area contributed by atoms with Gasteiger partial charge in [0, 0.05) is 68.2 Å². The van der Waals surface area contributed by atoms with Crippen molar-refractivity contribution in [2.24, 2.45) is 0 Å². The average molecular weight is 1560 g/mol. The van der Waals surface area contributed by atoms with Crippen molar-refractivity contribution in [1.82, 2.24) is 19.1 Å². The topological polar surface area (TPSA) is 142 Å². The molecule has 39 heteroatoms. The Balaban J connectivity index is -0.00000118. The molecule has 528 valence electrons. The van der Waals surface area contributed by atoms with E-state index in [1.165, 1.54) is 5.56 Å². The summed E-state index contributed by atoms with van der Waals surface area (Å²) in [7, 11) is -2.50. The highest BCUT2D eigenvalue weighted by Gasteiger charge is 2.74. The van der Waals surface area contributed by atoms with Crippen molar-refractivity contribution in [3.05, 3.63) is 108 Å². The van der Waals surface area contributed by atoms with Gasteiger partial charge in [-0.2, -0.15) is 79.0 Å². The first kappa shape index (κ1) is 91.2. The maximum atomic E-state index is 13.5. The molecule has 12 nitrogen and oxygen atoms in total. The van der Waals surface area contributed by atoms with Crippen molar-refractivity contribution in [2.75, 3.05) is 98.8 Å². The van der Waals surface area contributed by atoms with Gasteiger partial charge >= 0.3 is 37.1 Å². The minimum Gasteiger partial charge on any atom is -1.00 e. The van der Waals surface area contributed by atoms with Crippen molar-refractivity contribution < 1.29 is 156 Å². The lowest BCUT2D eigenvalue weighted by molar-refractivity contribution is -0.903. The molecule has 0 saturated heterocycles. The Morgan fingerprint density at radius 2 is 0.622 bits per heavy atom. The van der Waals surface area contributed by atoms with E-state index in [9.17, 15) is 117 Å². The lowest BCUT2D eigenvalue weighted by Gasteiger charge is -2.30. The van der Waals surface area contributed by atoms with Crippen LogP contribution < -0.4 is 43.6 Å². The van der Waals surface area contributed by atoms with E-state index in [-0.39, 0.29) is 49.0 Å². The van der Waals surface area contributed by atoms with Crippen molar-refractivity contribution in [1.29, 1.82) is 0 Å². The van der Waals surface area contributed by atoms with E-state index in [0.717, 1.165) is 16.5 Å². The average Bonchev–Trinajstić information content (AvgIpc) is 0.810. The standard InChI is InChI=1S/2C17H24F7N2O2S.C10H17F7N2O2S.C7H7Br.BrH.ClH/c2*1-26(2,13-14-7-4-3-5-8-14)11-6-10-25-29(27,28)12-9-15(18,16(19,20)21)17(22,23)24;1-19(2)6-3-5-18-22(20,21)7-4-8(11,9(12,13)14)10(15,16)17;8-6-7-4-2-1-3-5-7;;/h2*3-5,7-8,25H,6,9-13H2,1-2H3;18H,3-7H2,1-2H3;1-5H,6H2;2*1H/q2*+1;;;;/p-2. The largest absolute Gasteiger partial charge is 1.00 e. The number of rotatable bonds is 29. The van der Waals surface area contributed by atoms with Crippen molar-refractivity contribution in [3.63, 3.8) is 0 Å². The summed E-state index contributed by atoms with van der Waals surface area (Å²) in [5, 5.41) is 0.952. The highest BCUT2D eigenvalue weighted by atomic mass is 79.9. The Morgan fingerprint density at radius 1 is 0.400 bits per heavy atom. The maximum Gasteiger partial charge on any atom is 0.431 e. The molecule has 3 aromatic rings. The number of nitrogens with one attached hydrogen (secondary N) is 3. The van der Waals surface area contributed by atoms with Gasteiger partial charge in [-0.15, -0.1) is 0 Å². The van der Waals surface area contributed by atoms with E-state index < -0.39 is 121 Å². The van der Waals surface area contributed by atoms with Gasteiger partial charge in [0.25, 0.3) is 17.0 Å². The summed E-state index contributed by atoms with van der Waals surface area (Å²) < 4.78 is 340. The second-order valence-electron chi connectivity index (χ2n) is 21.4. The molecule has 0 spiro atoms. The van der Waals surface area contributed by atoms with E-state index in [1.807, 2.05) is 121 Å². The molecule has 0 radical (unpaired) electrons. The molecule has 0 atom stereocenters. The number of sulfonamides is 3. The summed E-state index contributed by atoms with van der Waals surface area (Å²) in [5.41, 5.74) is -13.3. The van der Waals surface area contributed by atoms with Crippen LogP contribution in [0, 0.1) is 0 Å². The third kappa shape index (κ3) is 33.4. The van der Waals surface area contributed by atoms with Gasteiger partial charge in [0.15, 0.2) is 0 Å². The molecule has 0 aliphatic carbocycles. The molecular formula is C51H72Br2ClF21N6O6S3. The van der Waals surface area contributed by atoms with Gasteiger partial charge in [0.05, 0.1) is 58.5 Å². The summed E-state index contributed by atoms with van der Waals surface area (Å²) in [4.78, 5) is 1.70. The zero-order valence-electron chi connectivity index (χ0n) is 49.0. The van der Waals surface area contributed by atoms with E-state index in [4.69, 9.17) is 0 Å². The van der Waals surface area contributed by atoms with Gasteiger partial charge in [0.1, 0.15) is 13.1 Å². The molecule has 0 aliphatic rings. The van der Waals surface area contributed by atoms with Crippen LogP contribution in [-0.4, -0.2) is 192 Å². The minimum absolute atomic E-state index is 0. The summed E-state index contributed by atoms with van der Waals surface area (Å²) >= 11 is 3.36. The van der Waals surface area contributed by atoms with Crippen LogP contribution in [0.25, 0.3) is 0 Å². The molecule has 0 aliphatic heterocycles. The highest BCUT2D eigenvalue weighted by molar-refractivity contribution is 9.08. The third-order valence-corrected chi connectivity index (χ3v) is 17.2. The molecule has 0 saturated carbocycles. The quantitative estimate of drug-likeness (QED) is 0.0323. The predicted octanol–water partition coefficient (Wildman–Crippen LogP) is 6.26. The van der Waals surface area contributed by atoms with Gasteiger partial charge in [-0.05, 0) is 32.6 Å². The maximum absolute atomic E-state index is 13.5. The first-order valence-electron chi connectivity index (χ1n) is 25.9. The molecule has 0 bridgehead atoms. The molecular weight excluding hydrogens is 1480 g/mol. The second kappa shape index (κ2) is 37.4. The fourth-order valence-electron chi connectivity index (χ4n) is 7.35. The smallest absolute Gasteiger partial charge is 0.431 e. The SMILES string of the molecule is BrCc1ccccc1.CN(C)CCCNS(=O)(=O)CCC(F)(C(F)(F)F)C(F)(F)F.C[N+](C)(CCCNS(=O)(=O)CCC(F)(C(F)(F)F)C(F)(F)F)Cc1ccccc1.C[N+](C)(CCCNS(=O)(=O)CCC(F)(C(F)(F)F)C(F)(F)F)Cc1ccccc1.[Br-].[Cl-]. The highest BCUT2D eigenvalue weighted by Crippen LogP contribution is 2.50. The van der Waals surface area contributed by atoms with E-state index in [2.05, 4.69) is 28.1 Å². The lowest BCUT2D eigenvalue weighted by atomic mass is 10.0. The van der Waals surface area contributed by atoms with Gasteiger partial charge < -0.3 is 43.3 Å². The summed E-state index contributed by atoms with van der Waals surface area (Å²) in [5.74, 6) is -4.89. The zero-order chi connectivity index (χ0) is 68.8. The number of nitrogens with zero attached hydrogens (tertiary/aromatic N) is 3. The second-order valence-corrected chi connectivity index (χ2v) is 27.7. The third-order valence-electron chi connectivity index (χ3n) is 12.4. The van der Waals surface area contributed by atoms with E-state index in [1.54, 1.807) is 19.0 Å². The number of hydrogen-bond acceptors (Lipinski definition) is 7. The van der Waals surface area contributed by atoms with E-state index >= 15 is 0 Å². The number of halogens is 24. The van der Waals surface area contributed by atoms with Crippen LogP contribution in [0.2, 0.25) is 0 Å². The number of alkyl halides is 22. The molecule has 0 heterocycles. The van der Waals surface area contributed by atoms with Crippen LogP contribution in [0.1, 0.15) is 55.2 Å². The normalized spacial score (nSPS) is 13.6. The summed E-state index contributed by atoms with van der Waals surface area (Å²) in [6, 6.07) is 29.2. The Kier molecular flexibility index (Phi) is 37.9. The number of quaternary nitrogens is 2. The lowest BCUT2D eigenvalue weighted by Crippen LogP contribution is -3.00. The molecule has 0 fully saturated rings. The van der Waals surface area contributed by atoms with Crippen molar-refractivity contribution in [3.8, 4) is 0 Å². The fraction of sp³-hybridized carbons (Fsp3) is 0.647. The van der Waals surface area contributed by atoms with Crippen LogP contribution in [-0.2, 0) is 48.5 Å². The Hall–Kier alpha value is -2.95. The van der Waals surface area contributed by atoms with Crippen molar-refractivity contribution in [2.45, 2.75) is 111 Å². The first-order valence-corrected chi connectivity index (χ1v) is 32.0. The Labute approximate surface area is 535 Å². The molecule has 90 heavy (non-hydrogen) atoms. The fourth-order valence-corrected chi connectivity index (χ4v) is 11.2. The van der Waals surface area contributed by atoms with Gasteiger partial charge in [0.2, 0.25) is 30.1 Å². The molecule has 0 unspecified atom stereocenters. The van der Waals surface area contributed by atoms with E-state index in [0.29, 0.717) is 61.0 Å². The zero-order valence-corrected chi connectivity index (χ0v) is 55.4. The monoisotopic (exact) mass is 1550 g/mol. The van der Waals surface area contributed by atoms with Crippen LogP contribution in [0.5, 0.6) is 0 Å². The van der Waals surface area contributed by atoms with Crippen LogP contribution >= 0.6 is 15.9 Å². The van der Waals surface area contributed by atoms with Crippen molar-refractivity contribution >= 4 is 46.0 Å². The predicted molar refractivity (Wildman–Crippen MR) is 293 cm³/mol. The molecule has 0 amide bonds. The first-order chi connectivity index (χ1) is 39.5. The molecule has 3 aromatic carbocycles. The number of hydrogen-bond donors (Lipinski definition) is 3. The Morgan fingerprint density at radius 3 is 0.822 bits per heavy atom. The molecule has 3 N–H and O–H groups in total. The van der Waals surface area contributed by atoms with Gasteiger partial charge in [-0.1, -0.05) is 107 Å². The minimum atomic E-state index is -6.26. The van der Waals surface area contributed by atoms with Gasteiger partial charge in [-0.25, -0.2) is 52.6 Å². The molecule has 0 aromatic heterocycles. The Bertz CT molecular complexity index is 2660. The van der Waals surface area contributed by atoms with Crippen LogP contribution in [0.4, 0.5) is 92.2 Å². The summed E-state index contributed by atoms with van der Waals surface area (Å²) in [6.07, 6.45) is -43.4. The number of benzene rings is 3. The van der Waals surface area contributed by atoms with Gasteiger partial charge in [-0.3, -0.25) is 0 Å². The van der Waals surface area contributed by atoms with Crippen LogP contribution in [0.15, 0.2) is 91.0 Å².